The molecule has 0 atom stereocenters. The van der Waals surface area contributed by atoms with E-state index in [-0.39, 0.29) is 6.61 Å². The zero-order valence-corrected chi connectivity index (χ0v) is 9.07. The Balaban J connectivity index is 2.71. The minimum atomic E-state index is 0.0722. The molecule has 2 aromatic rings. The molecule has 0 aliphatic heterocycles. The molecule has 1 N–H and O–H groups in total. The largest absolute Gasteiger partial charge is 0.392 e. The lowest BCUT2D eigenvalue weighted by molar-refractivity contribution is 0.283. The van der Waals surface area contributed by atoms with Crippen LogP contribution in [-0.4, -0.2) is 10.1 Å². The van der Waals surface area contributed by atoms with Crippen LogP contribution in [0.5, 0.6) is 0 Å². The smallest absolute Gasteiger partial charge is 0.0688 e. The van der Waals surface area contributed by atoms with E-state index in [0.29, 0.717) is 5.92 Å². The summed E-state index contributed by atoms with van der Waals surface area (Å²) in [6, 6.07) is 6.22. The van der Waals surface area contributed by atoms with Gasteiger partial charge in [-0.15, -0.1) is 0 Å². The maximum atomic E-state index is 9.31. The number of fused-ring (bicyclic) bond motifs is 1. The number of hydrogen-bond acceptors (Lipinski definition) is 2. The van der Waals surface area contributed by atoms with Gasteiger partial charge in [-0.3, -0.25) is 4.98 Å². The van der Waals surface area contributed by atoms with Crippen molar-refractivity contribution in [3.8, 4) is 0 Å². The van der Waals surface area contributed by atoms with Crippen molar-refractivity contribution in [3.05, 3.63) is 41.7 Å². The van der Waals surface area contributed by atoms with E-state index in [4.69, 9.17) is 0 Å². The van der Waals surface area contributed by atoms with Crippen LogP contribution < -0.4 is 0 Å². The van der Waals surface area contributed by atoms with Crippen molar-refractivity contribution in [2.75, 3.05) is 0 Å². The Morgan fingerprint density at radius 1 is 1.33 bits per heavy atom. The number of pyridine rings is 1. The summed E-state index contributed by atoms with van der Waals surface area (Å²) in [4.78, 5) is 4.08. The second kappa shape index (κ2) is 3.99. The summed E-state index contributed by atoms with van der Waals surface area (Å²) in [5, 5.41) is 11.5. The fourth-order valence-corrected chi connectivity index (χ4v) is 1.76. The summed E-state index contributed by atoms with van der Waals surface area (Å²) in [6.45, 7) is 4.38. The lowest BCUT2D eigenvalue weighted by Crippen LogP contribution is -1.93. The molecule has 2 nitrogen and oxygen atoms in total. The highest BCUT2D eigenvalue weighted by molar-refractivity contribution is 5.85. The number of aliphatic hydroxyl groups excluding tert-OH is 1. The molecule has 2 rings (SSSR count). The first kappa shape index (κ1) is 10.1. The average molecular weight is 201 g/mol. The van der Waals surface area contributed by atoms with Gasteiger partial charge in [0.15, 0.2) is 0 Å². The van der Waals surface area contributed by atoms with Crippen molar-refractivity contribution in [1.82, 2.24) is 4.98 Å². The standard InChI is InChI=1S/C13H15NO/c1-9(2)11-5-10-3-4-14-7-13(10)12(6-11)8-15/h3-7,9,15H,8H2,1-2H3. The Bertz CT molecular complexity index is 477. The number of aromatic nitrogens is 1. The molecule has 1 heterocycles. The predicted molar refractivity (Wildman–Crippen MR) is 61.8 cm³/mol. The molecule has 0 fully saturated rings. The molecule has 0 saturated carbocycles. The van der Waals surface area contributed by atoms with E-state index in [1.807, 2.05) is 12.3 Å². The van der Waals surface area contributed by atoms with Gasteiger partial charge in [0.2, 0.25) is 0 Å². The van der Waals surface area contributed by atoms with Crippen LogP contribution >= 0.6 is 0 Å². The highest BCUT2D eigenvalue weighted by Gasteiger charge is 2.05. The van der Waals surface area contributed by atoms with Gasteiger partial charge in [0, 0.05) is 17.8 Å². The summed E-state index contributed by atoms with van der Waals surface area (Å²) in [5.41, 5.74) is 2.22. The van der Waals surface area contributed by atoms with Crippen LogP contribution in [0.3, 0.4) is 0 Å². The lowest BCUT2D eigenvalue weighted by Gasteiger charge is -2.10. The molecule has 0 aliphatic rings. The Hall–Kier alpha value is -1.41. The van der Waals surface area contributed by atoms with Gasteiger partial charge in [-0.1, -0.05) is 26.0 Å². The van der Waals surface area contributed by atoms with Crippen molar-refractivity contribution >= 4 is 10.8 Å². The minimum absolute atomic E-state index is 0.0722. The van der Waals surface area contributed by atoms with Crippen LogP contribution in [0.2, 0.25) is 0 Å². The van der Waals surface area contributed by atoms with E-state index < -0.39 is 0 Å². The third kappa shape index (κ3) is 1.85. The van der Waals surface area contributed by atoms with E-state index in [2.05, 4.69) is 31.0 Å². The van der Waals surface area contributed by atoms with E-state index in [1.54, 1.807) is 6.20 Å². The Kier molecular flexibility index (Phi) is 2.69. The van der Waals surface area contributed by atoms with Gasteiger partial charge in [-0.05, 0) is 28.5 Å². The van der Waals surface area contributed by atoms with Crippen LogP contribution in [0, 0.1) is 0 Å². The molecule has 2 heteroatoms. The molecular weight excluding hydrogens is 186 g/mol. The number of aliphatic hydroxyl groups is 1. The molecule has 0 spiro atoms. The second-order valence-electron chi connectivity index (χ2n) is 4.09. The zero-order valence-electron chi connectivity index (χ0n) is 9.07. The quantitative estimate of drug-likeness (QED) is 0.810. The van der Waals surface area contributed by atoms with Gasteiger partial charge in [0.05, 0.1) is 6.61 Å². The SMILES string of the molecule is CC(C)c1cc(CO)c2cnccc2c1. The van der Waals surface area contributed by atoms with Gasteiger partial charge >= 0.3 is 0 Å². The molecule has 0 bridgehead atoms. The predicted octanol–water partition coefficient (Wildman–Crippen LogP) is 2.85. The van der Waals surface area contributed by atoms with Gasteiger partial charge in [-0.25, -0.2) is 0 Å². The van der Waals surface area contributed by atoms with Crippen molar-refractivity contribution < 1.29 is 5.11 Å². The van der Waals surface area contributed by atoms with E-state index in [0.717, 1.165) is 16.3 Å². The number of rotatable bonds is 2. The number of hydrogen-bond donors (Lipinski definition) is 1. The lowest BCUT2D eigenvalue weighted by atomic mass is 9.96. The van der Waals surface area contributed by atoms with E-state index >= 15 is 0 Å². The van der Waals surface area contributed by atoms with E-state index in [9.17, 15) is 5.11 Å². The summed E-state index contributed by atoms with van der Waals surface area (Å²) in [5.74, 6) is 0.480. The minimum Gasteiger partial charge on any atom is -0.392 e. The molecule has 1 aromatic carbocycles. The summed E-state index contributed by atoms with van der Waals surface area (Å²) in [7, 11) is 0. The molecule has 0 saturated heterocycles. The molecule has 0 radical (unpaired) electrons. The second-order valence-corrected chi connectivity index (χ2v) is 4.09. The van der Waals surface area contributed by atoms with Crippen LogP contribution in [0.25, 0.3) is 10.8 Å². The van der Waals surface area contributed by atoms with Crippen LogP contribution in [-0.2, 0) is 6.61 Å². The summed E-state index contributed by atoms with van der Waals surface area (Å²) < 4.78 is 0. The molecule has 0 aliphatic carbocycles. The Morgan fingerprint density at radius 3 is 2.80 bits per heavy atom. The van der Waals surface area contributed by atoms with Crippen LogP contribution in [0.4, 0.5) is 0 Å². The topological polar surface area (TPSA) is 33.1 Å². The highest BCUT2D eigenvalue weighted by atomic mass is 16.3. The maximum Gasteiger partial charge on any atom is 0.0688 e. The van der Waals surface area contributed by atoms with Crippen LogP contribution in [0.15, 0.2) is 30.6 Å². The molecule has 15 heavy (non-hydrogen) atoms. The van der Waals surface area contributed by atoms with Crippen molar-refractivity contribution in [1.29, 1.82) is 0 Å². The van der Waals surface area contributed by atoms with Gasteiger partial charge in [-0.2, -0.15) is 0 Å². The van der Waals surface area contributed by atoms with Crippen molar-refractivity contribution in [3.63, 3.8) is 0 Å². The maximum absolute atomic E-state index is 9.31. The first-order valence-corrected chi connectivity index (χ1v) is 5.19. The summed E-state index contributed by atoms with van der Waals surface area (Å²) in [6.07, 6.45) is 3.60. The molecule has 0 unspecified atom stereocenters. The van der Waals surface area contributed by atoms with Gasteiger partial charge < -0.3 is 5.11 Å². The number of nitrogens with zero attached hydrogens (tertiary/aromatic N) is 1. The highest BCUT2D eigenvalue weighted by Crippen LogP contribution is 2.24. The van der Waals surface area contributed by atoms with Crippen molar-refractivity contribution in [2.45, 2.75) is 26.4 Å². The molecular formula is C13H15NO. The fourth-order valence-electron chi connectivity index (χ4n) is 1.76. The third-order valence-electron chi connectivity index (χ3n) is 2.70. The van der Waals surface area contributed by atoms with Gasteiger partial charge in [0.1, 0.15) is 0 Å². The normalized spacial score (nSPS) is 11.2. The van der Waals surface area contributed by atoms with Gasteiger partial charge in [0.25, 0.3) is 0 Å². The molecule has 0 amide bonds. The molecule has 78 valence electrons. The Labute approximate surface area is 89.6 Å². The first-order valence-electron chi connectivity index (χ1n) is 5.19. The average Bonchev–Trinajstić information content (AvgIpc) is 2.27. The fraction of sp³-hybridized carbons (Fsp3) is 0.308. The third-order valence-corrected chi connectivity index (χ3v) is 2.70. The summed E-state index contributed by atoms with van der Waals surface area (Å²) >= 11 is 0. The number of benzene rings is 1. The molecule has 1 aromatic heterocycles. The Morgan fingerprint density at radius 2 is 2.13 bits per heavy atom. The van der Waals surface area contributed by atoms with E-state index in [1.165, 1.54) is 5.56 Å². The van der Waals surface area contributed by atoms with Crippen LogP contribution in [0.1, 0.15) is 30.9 Å². The first-order chi connectivity index (χ1) is 7.22. The van der Waals surface area contributed by atoms with Crippen molar-refractivity contribution in [2.24, 2.45) is 0 Å². The zero-order chi connectivity index (χ0) is 10.8. The monoisotopic (exact) mass is 201 g/mol.